The Morgan fingerprint density at radius 1 is 0.548 bits per heavy atom. The molecule has 0 amide bonds. The number of carbonyl (C=O) groups excluding carboxylic acids is 1. The van der Waals surface area contributed by atoms with Crippen LogP contribution in [0.4, 0.5) is 28.4 Å². The number of azo groups is 2. The number of phenolic OH excluding ortho intramolecular Hbond substituents is 1. The minimum absolute atomic E-state index is 0.329. The summed E-state index contributed by atoms with van der Waals surface area (Å²) in [6, 6.07) is 37.4. The lowest BCUT2D eigenvalue weighted by atomic mass is 10.1. The van der Waals surface area contributed by atoms with E-state index in [1.165, 1.54) is 5.56 Å². The van der Waals surface area contributed by atoms with Gasteiger partial charge >= 0.3 is 0 Å². The number of aliphatic imine (C=N–C) groups is 1. The fraction of sp³-hybridized carbons (Fsp3) is 0.0286. The van der Waals surface area contributed by atoms with Crippen LogP contribution in [0.1, 0.15) is 15.9 Å². The van der Waals surface area contributed by atoms with Crippen LogP contribution in [0.5, 0.6) is 5.75 Å². The molecule has 6 aromatic carbocycles. The van der Waals surface area contributed by atoms with Crippen molar-refractivity contribution in [2.75, 3.05) is 0 Å². The van der Waals surface area contributed by atoms with Gasteiger partial charge in [0.15, 0.2) is 0 Å². The summed E-state index contributed by atoms with van der Waals surface area (Å²) < 4.78 is 0. The molecule has 1 N–H and O–H groups in total. The van der Waals surface area contributed by atoms with Crippen LogP contribution >= 0.6 is 0 Å². The van der Waals surface area contributed by atoms with Gasteiger partial charge in [-0.1, -0.05) is 66.2 Å². The highest BCUT2D eigenvalue weighted by Gasteiger charge is 2.07. The summed E-state index contributed by atoms with van der Waals surface area (Å²) in [6.07, 6.45) is 0.801. The molecule has 0 aromatic heterocycles. The Balaban J connectivity index is 0.000000382. The molecular formula is C35H27N5O2. The zero-order chi connectivity index (χ0) is 29.3. The lowest BCUT2D eigenvalue weighted by molar-refractivity contribution is 0.112. The van der Waals surface area contributed by atoms with Crippen molar-refractivity contribution in [3.63, 3.8) is 0 Å². The maximum atomic E-state index is 10.8. The van der Waals surface area contributed by atoms with Crippen LogP contribution in [-0.2, 0) is 0 Å². The summed E-state index contributed by atoms with van der Waals surface area (Å²) in [4.78, 5) is 14.9. The van der Waals surface area contributed by atoms with Crippen LogP contribution in [0.15, 0.2) is 147 Å². The van der Waals surface area contributed by atoms with Gasteiger partial charge in [0.05, 0.1) is 28.4 Å². The zero-order valence-electron chi connectivity index (χ0n) is 22.9. The van der Waals surface area contributed by atoms with Gasteiger partial charge < -0.3 is 5.11 Å². The first-order valence-electron chi connectivity index (χ1n) is 13.2. The van der Waals surface area contributed by atoms with Crippen LogP contribution in [0.3, 0.4) is 0 Å². The predicted molar refractivity (Wildman–Crippen MR) is 170 cm³/mol. The van der Waals surface area contributed by atoms with Gasteiger partial charge in [-0.25, -0.2) is 0 Å². The summed E-state index contributed by atoms with van der Waals surface area (Å²) in [7, 11) is 0. The van der Waals surface area contributed by atoms with Gasteiger partial charge in [0.25, 0.3) is 0 Å². The first-order valence-corrected chi connectivity index (χ1v) is 13.2. The maximum absolute atomic E-state index is 10.8. The highest BCUT2D eigenvalue weighted by atomic mass is 16.3. The number of phenols is 1. The first kappa shape index (κ1) is 27.7. The molecule has 7 nitrogen and oxygen atoms in total. The van der Waals surface area contributed by atoms with E-state index in [1.807, 2.05) is 91.9 Å². The van der Waals surface area contributed by atoms with Gasteiger partial charge in [-0.3, -0.25) is 9.79 Å². The van der Waals surface area contributed by atoms with Gasteiger partial charge in [-0.2, -0.15) is 5.11 Å². The van der Waals surface area contributed by atoms with E-state index in [9.17, 15) is 4.79 Å². The van der Waals surface area contributed by atoms with E-state index in [-0.39, 0.29) is 0 Å². The molecule has 42 heavy (non-hydrogen) atoms. The second-order valence-corrected chi connectivity index (χ2v) is 9.40. The number of nitrogens with zero attached hydrogens (tertiary/aromatic N) is 5. The Morgan fingerprint density at radius 3 is 1.40 bits per heavy atom. The molecular weight excluding hydrogens is 522 g/mol. The molecule has 6 aromatic rings. The van der Waals surface area contributed by atoms with Crippen LogP contribution in [0, 0.1) is 6.92 Å². The topological polar surface area (TPSA) is 99.1 Å². The van der Waals surface area contributed by atoms with Crippen molar-refractivity contribution in [2.45, 2.75) is 6.92 Å². The van der Waals surface area contributed by atoms with E-state index in [1.54, 1.807) is 36.4 Å². The van der Waals surface area contributed by atoms with E-state index in [0.29, 0.717) is 17.0 Å². The number of aromatic hydroxyl groups is 1. The quantitative estimate of drug-likeness (QED) is 0.127. The largest absolute Gasteiger partial charge is 0.508 e. The molecule has 0 bridgehead atoms. The van der Waals surface area contributed by atoms with Crippen LogP contribution in [-0.4, -0.2) is 18.1 Å². The Kier molecular flexibility index (Phi) is 8.60. The summed E-state index contributed by atoms with van der Waals surface area (Å²) in [6.45, 7) is 5.64. The summed E-state index contributed by atoms with van der Waals surface area (Å²) in [5, 5.41) is 30.4. The van der Waals surface area contributed by atoms with E-state index < -0.39 is 0 Å². The van der Waals surface area contributed by atoms with Crippen molar-refractivity contribution in [3.05, 3.63) is 132 Å². The van der Waals surface area contributed by atoms with E-state index >= 15 is 0 Å². The molecule has 0 aliphatic heterocycles. The number of aryl methyl sites for hydroxylation is 1. The minimum atomic E-state index is 0.329. The number of rotatable bonds is 6. The molecule has 0 atom stereocenters. The van der Waals surface area contributed by atoms with E-state index in [2.05, 4.69) is 32.2 Å². The summed E-state index contributed by atoms with van der Waals surface area (Å²) in [5.41, 5.74) is 5.47. The maximum Gasteiger partial charge on any atom is 0.150 e. The van der Waals surface area contributed by atoms with Gasteiger partial charge in [0.1, 0.15) is 12.0 Å². The minimum Gasteiger partial charge on any atom is -0.508 e. The van der Waals surface area contributed by atoms with Crippen LogP contribution in [0.25, 0.3) is 21.5 Å². The number of hydrogen-bond acceptors (Lipinski definition) is 7. The molecule has 0 heterocycles. The fourth-order valence-electron chi connectivity index (χ4n) is 4.32. The van der Waals surface area contributed by atoms with Crippen molar-refractivity contribution in [3.8, 4) is 5.75 Å². The third kappa shape index (κ3) is 6.48. The Bertz CT molecular complexity index is 1910. The molecule has 7 heteroatoms. The molecule has 204 valence electrons. The molecule has 0 spiro atoms. The fourth-order valence-corrected chi connectivity index (χ4v) is 4.32. The van der Waals surface area contributed by atoms with Crippen molar-refractivity contribution < 1.29 is 9.90 Å². The monoisotopic (exact) mass is 549 g/mol. The lowest BCUT2D eigenvalue weighted by Gasteiger charge is -2.06. The summed E-state index contributed by atoms with van der Waals surface area (Å²) >= 11 is 0. The highest BCUT2D eigenvalue weighted by Crippen LogP contribution is 2.37. The number of carbonyl (C=O) groups is 1. The average molecular weight is 550 g/mol. The molecule has 0 aliphatic rings. The standard InChI is InChI=1S/C28H19N5O.C7H8O/c1-29-25-14-15-27(22-7-3-2-6-21(22)25)32-33-28-17-16-26(23-8-4-5-9-24(23)28)31-30-20-12-10-19(18-34)11-13-20;1-6-2-4-7(8)5-3-6/h2-18H,1H2;2-5,8H,1H3. The lowest BCUT2D eigenvalue weighted by Crippen LogP contribution is -1.77. The molecule has 0 saturated carbocycles. The van der Waals surface area contributed by atoms with Crippen LogP contribution in [0.2, 0.25) is 0 Å². The Labute approximate surface area is 243 Å². The molecule has 0 radical (unpaired) electrons. The molecule has 0 fully saturated rings. The number of hydrogen-bond donors (Lipinski definition) is 1. The van der Waals surface area contributed by atoms with Crippen molar-refractivity contribution in [1.29, 1.82) is 0 Å². The van der Waals surface area contributed by atoms with Gasteiger partial charge in [-0.05, 0) is 74.3 Å². The van der Waals surface area contributed by atoms with Gasteiger partial charge in [0, 0.05) is 27.1 Å². The van der Waals surface area contributed by atoms with E-state index in [4.69, 9.17) is 5.11 Å². The Morgan fingerprint density at radius 2 is 0.976 bits per heavy atom. The molecule has 0 unspecified atom stereocenters. The predicted octanol–water partition coefficient (Wildman–Crippen LogP) is 10.7. The average Bonchev–Trinajstić information content (AvgIpc) is 3.04. The van der Waals surface area contributed by atoms with E-state index in [0.717, 1.165) is 50.6 Å². The van der Waals surface area contributed by atoms with Crippen LogP contribution < -0.4 is 0 Å². The Hall–Kier alpha value is -5.82. The highest BCUT2D eigenvalue weighted by molar-refractivity contribution is 6.01. The number of aldehydes is 1. The van der Waals surface area contributed by atoms with Gasteiger partial charge in [-0.15, -0.1) is 15.3 Å². The first-order chi connectivity index (χ1) is 20.6. The molecule has 6 rings (SSSR count). The third-order valence-electron chi connectivity index (χ3n) is 6.53. The SMILES string of the molecule is C=Nc1ccc(N=Nc2ccc(N=Nc3ccc(C=O)cc3)c3ccccc23)c2ccccc12.Cc1ccc(O)cc1. The number of fused-ring (bicyclic) bond motifs is 2. The molecule has 0 aliphatic carbocycles. The third-order valence-corrected chi connectivity index (χ3v) is 6.53. The second-order valence-electron chi connectivity index (χ2n) is 9.40. The van der Waals surface area contributed by atoms with Crippen molar-refractivity contribution >= 4 is 63.0 Å². The zero-order valence-corrected chi connectivity index (χ0v) is 22.9. The normalized spacial score (nSPS) is 11.1. The summed E-state index contributed by atoms with van der Waals surface area (Å²) in [5.74, 6) is 0.329. The van der Waals surface area contributed by atoms with Crippen molar-refractivity contribution in [1.82, 2.24) is 0 Å². The smallest absolute Gasteiger partial charge is 0.150 e. The number of benzene rings is 6. The molecule has 0 saturated heterocycles. The van der Waals surface area contributed by atoms with Crippen molar-refractivity contribution in [2.24, 2.45) is 25.4 Å². The second kappa shape index (κ2) is 13.0. The van der Waals surface area contributed by atoms with Gasteiger partial charge in [0.2, 0.25) is 0 Å².